The summed E-state index contributed by atoms with van der Waals surface area (Å²) in [6, 6.07) is 0.524. The highest BCUT2D eigenvalue weighted by Crippen LogP contribution is 2.26. The lowest BCUT2D eigenvalue weighted by Gasteiger charge is -2.20. The van der Waals surface area contributed by atoms with Gasteiger partial charge in [0, 0.05) is 3.92 Å². The summed E-state index contributed by atoms with van der Waals surface area (Å²) in [5.74, 6) is 0. The largest absolute Gasteiger partial charge is 0.368 e. The third kappa shape index (κ3) is 1.07. The number of nitrogens with one attached hydrogen (secondary N) is 1. The van der Waals surface area contributed by atoms with E-state index in [-0.39, 0.29) is 0 Å². The van der Waals surface area contributed by atoms with Crippen LogP contribution in [0.15, 0.2) is 16.8 Å². The van der Waals surface area contributed by atoms with Crippen LogP contribution in [-0.2, 0) is 0 Å². The Balaban J connectivity index is 2.17. The molecular formula is C7H9IN2. The number of hydrogen-bond donors (Lipinski definition) is 1. The number of rotatable bonds is 0. The minimum atomic E-state index is 0.524. The molecule has 1 N–H and O–H groups in total. The Bertz CT molecular complexity index is 198. The Labute approximate surface area is 73.9 Å². The van der Waals surface area contributed by atoms with E-state index in [0.717, 1.165) is 3.92 Å². The summed E-state index contributed by atoms with van der Waals surface area (Å²) in [6.45, 7) is 0. The molecule has 1 aliphatic carbocycles. The van der Waals surface area contributed by atoms with Gasteiger partial charge in [-0.3, -0.25) is 0 Å². The molecule has 0 aromatic rings. The summed E-state index contributed by atoms with van der Waals surface area (Å²) in [4.78, 5) is 4.21. The fourth-order valence-corrected chi connectivity index (χ4v) is 2.12. The van der Waals surface area contributed by atoms with E-state index >= 15 is 0 Å². The maximum Gasteiger partial charge on any atom is 0.0888 e. The molecule has 2 atom stereocenters. The Morgan fingerprint density at radius 3 is 3.50 bits per heavy atom. The van der Waals surface area contributed by atoms with Crippen LogP contribution in [-0.4, -0.2) is 16.3 Å². The maximum absolute atomic E-state index is 4.21. The number of allylic oxidation sites excluding steroid dienone is 1. The summed E-state index contributed by atoms with van der Waals surface area (Å²) in [7, 11) is 0. The van der Waals surface area contributed by atoms with E-state index in [0.29, 0.717) is 6.04 Å². The van der Waals surface area contributed by atoms with Crippen LogP contribution in [0.1, 0.15) is 12.8 Å². The van der Waals surface area contributed by atoms with Crippen molar-refractivity contribution in [1.82, 2.24) is 5.32 Å². The second kappa shape index (κ2) is 2.53. The van der Waals surface area contributed by atoms with E-state index in [4.69, 9.17) is 0 Å². The summed E-state index contributed by atoms with van der Waals surface area (Å²) >= 11 is 2.49. The second-order valence-electron chi connectivity index (χ2n) is 2.68. The molecule has 2 aliphatic rings. The van der Waals surface area contributed by atoms with Crippen LogP contribution >= 0.6 is 22.6 Å². The molecule has 0 saturated carbocycles. The Morgan fingerprint density at radius 1 is 1.70 bits per heavy atom. The van der Waals surface area contributed by atoms with Crippen LogP contribution in [0.2, 0.25) is 0 Å². The molecule has 0 fully saturated rings. The first-order valence-electron chi connectivity index (χ1n) is 3.49. The Kier molecular flexibility index (Phi) is 1.68. The van der Waals surface area contributed by atoms with Gasteiger partial charge in [0.2, 0.25) is 0 Å². The topological polar surface area (TPSA) is 24.4 Å². The molecule has 0 bridgehead atoms. The molecule has 1 aliphatic heterocycles. The molecule has 0 aromatic carbocycles. The van der Waals surface area contributed by atoms with Crippen LogP contribution in [0.5, 0.6) is 0 Å². The first-order valence-corrected chi connectivity index (χ1v) is 4.73. The summed E-state index contributed by atoms with van der Waals surface area (Å²) in [6.07, 6.45) is 6.46. The van der Waals surface area contributed by atoms with Gasteiger partial charge < -0.3 is 5.32 Å². The van der Waals surface area contributed by atoms with Gasteiger partial charge >= 0.3 is 0 Å². The molecule has 0 spiro atoms. The number of halogens is 1. The predicted molar refractivity (Wildman–Crippen MR) is 50.5 cm³/mol. The van der Waals surface area contributed by atoms with Gasteiger partial charge in [-0.05, 0) is 12.8 Å². The quantitative estimate of drug-likeness (QED) is 0.509. The minimum Gasteiger partial charge on any atom is -0.368 e. The molecule has 2 nitrogen and oxygen atoms in total. The van der Waals surface area contributed by atoms with E-state index in [1.165, 1.54) is 18.5 Å². The predicted octanol–water partition coefficient (Wildman–Crippen LogP) is 1.47. The van der Waals surface area contributed by atoms with Gasteiger partial charge in [-0.25, -0.2) is 4.99 Å². The van der Waals surface area contributed by atoms with Crippen molar-refractivity contribution in [2.75, 3.05) is 0 Å². The fraction of sp³-hybridized carbons (Fsp3) is 0.571. The van der Waals surface area contributed by atoms with Gasteiger partial charge in [-0.1, -0.05) is 28.7 Å². The van der Waals surface area contributed by atoms with Crippen molar-refractivity contribution in [3.05, 3.63) is 11.8 Å². The third-order valence-corrected chi connectivity index (χ3v) is 2.94. The normalized spacial score (nSPS) is 36.7. The zero-order chi connectivity index (χ0) is 6.97. The van der Waals surface area contributed by atoms with Crippen molar-refractivity contribution in [2.24, 2.45) is 4.99 Å². The van der Waals surface area contributed by atoms with E-state index in [2.05, 4.69) is 39.0 Å². The molecular weight excluding hydrogens is 239 g/mol. The Hall–Kier alpha value is -0.0600. The van der Waals surface area contributed by atoms with Crippen LogP contribution in [0, 0.1) is 0 Å². The molecule has 0 amide bonds. The van der Waals surface area contributed by atoms with Crippen LogP contribution < -0.4 is 5.32 Å². The number of hydrogen-bond acceptors (Lipinski definition) is 2. The summed E-state index contributed by atoms with van der Waals surface area (Å²) < 4.78 is 0.792. The average Bonchev–Trinajstić information content (AvgIpc) is 2.33. The Morgan fingerprint density at radius 2 is 2.60 bits per heavy atom. The third-order valence-electron chi connectivity index (χ3n) is 1.92. The van der Waals surface area contributed by atoms with E-state index < -0.39 is 0 Å². The number of alkyl halides is 1. The number of nitrogens with zero attached hydrogens (tertiary/aromatic N) is 1. The molecule has 0 aromatic heterocycles. The van der Waals surface area contributed by atoms with Gasteiger partial charge in [-0.15, -0.1) is 0 Å². The van der Waals surface area contributed by atoms with Crippen molar-refractivity contribution in [1.29, 1.82) is 0 Å². The van der Waals surface area contributed by atoms with Gasteiger partial charge in [0.15, 0.2) is 0 Å². The first kappa shape index (κ1) is 6.64. The second-order valence-corrected chi connectivity index (χ2v) is 4.44. The smallest absolute Gasteiger partial charge is 0.0888 e. The van der Waals surface area contributed by atoms with E-state index in [1.54, 1.807) is 0 Å². The van der Waals surface area contributed by atoms with Crippen molar-refractivity contribution >= 4 is 28.9 Å². The van der Waals surface area contributed by atoms with Crippen molar-refractivity contribution in [3.63, 3.8) is 0 Å². The van der Waals surface area contributed by atoms with Crippen molar-refractivity contribution in [2.45, 2.75) is 22.8 Å². The standard InChI is InChI=1S/C7H9IN2/c8-5-1-2-6-7(3-5)10-4-9-6/h2,4-5,7H,1,3H2,(H,9,10)/t5-,7-/m0/s1. The molecule has 3 heteroatoms. The van der Waals surface area contributed by atoms with E-state index in [1.807, 2.05) is 6.34 Å². The average molecular weight is 248 g/mol. The van der Waals surface area contributed by atoms with E-state index in [9.17, 15) is 0 Å². The van der Waals surface area contributed by atoms with Crippen LogP contribution in [0.3, 0.4) is 0 Å². The van der Waals surface area contributed by atoms with Crippen molar-refractivity contribution < 1.29 is 0 Å². The highest BCUT2D eigenvalue weighted by molar-refractivity contribution is 14.1. The molecule has 0 radical (unpaired) electrons. The number of aliphatic imine (C=N–C) groups is 1. The van der Waals surface area contributed by atoms with Crippen LogP contribution in [0.25, 0.3) is 0 Å². The summed E-state index contributed by atoms with van der Waals surface area (Å²) in [5.41, 5.74) is 1.24. The highest BCUT2D eigenvalue weighted by Gasteiger charge is 2.23. The van der Waals surface area contributed by atoms with Gasteiger partial charge in [0.25, 0.3) is 0 Å². The summed E-state index contributed by atoms with van der Waals surface area (Å²) in [5, 5.41) is 3.22. The monoisotopic (exact) mass is 248 g/mol. The lowest BCUT2D eigenvalue weighted by molar-refractivity contribution is 0.614. The molecule has 10 heavy (non-hydrogen) atoms. The fourth-order valence-electron chi connectivity index (χ4n) is 1.36. The zero-order valence-corrected chi connectivity index (χ0v) is 7.71. The molecule has 1 heterocycles. The minimum absolute atomic E-state index is 0.524. The van der Waals surface area contributed by atoms with Gasteiger partial charge in [-0.2, -0.15) is 0 Å². The molecule has 0 saturated heterocycles. The molecule has 0 unspecified atom stereocenters. The SMILES string of the molecule is I[C@H]1CC=C2N=CN[C@H]2C1. The van der Waals surface area contributed by atoms with Crippen LogP contribution in [0.4, 0.5) is 0 Å². The first-order chi connectivity index (χ1) is 4.86. The molecule has 54 valence electrons. The lowest BCUT2D eigenvalue weighted by atomic mass is 10.0. The van der Waals surface area contributed by atoms with Crippen molar-refractivity contribution in [3.8, 4) is 0 Å². The maximum atomic E-state index is 4.21. The zero-order valence-electron chi connectivity index (χ0n) is 5.55. The molecule has 2 rings (SSSR count). The van der Waals surface area contributed by atoms with Gasteiger partial charge in [0.1, 0.15) is 0 Å². The van der Waals surface area contributed by atoms with Gasteiger partial charge in [0.05, 0.1) is 18.1 Å². The lowest BCUT2D eigenvalue weighted by Crippen LogP contribution is -2.28. The highest BCUT2D eigenvalue weighted by atomic mass is 127. The number of fused-ring (bicyclic) bond motifs is 1.